The van der Waals surface area contributed by atoms with Crippen molar-refractivity contribution in [3.05, 3.63) is 18.2 Å². The Hall–Kier alpha value is -0.910. The fourth-order valence-corrected chi connectivity index (χ4v) is 3.38. The van der Waals surface area contributed by atoms with Gasteiger partial charge in [-0.2, -0.15) is 0 Å². The van der Waals surface area contributed by atoms with E-state index in [1.165, 1.54) is 12.8 Å². The van der Waals surface area contributed by atoms with E-state index in [0.717, 1.165) is 24.6 Å². The third kappa shape index (κ3) is 2.55. The van der Waals surface area contributed by atoms with E-state index in [9.17, 15) is 0 Å². The number of nitrogens with two attached hydrogens (primary N) is 1. The van der Waals surface area contributed by atoms with Gasteiger partial charge in [-0.1, -0.05) is 6.92 Å². The maximum atomic E-state index is 5.89. The van der Waals surface area contributed by atoms with Gasteiger partial charge in [-0.25, -0.2) is 10.4 Å². The number of nitrogens with zero attached hydrogens (tertiary/aromatic N) is 3. The number of hydrogen-bond acceptors (Lipinski definition) is 4. The van der Waals surface area contributed by atoms with Crippen molar-refractivity contribution in [3.8, 4) is 0 Å². The molecule has 2 rings (SSSR count). The molecule has 1 aromatic heterocycles. The molecule has 1 aromatic rings. The van der Waals surface area contributed by atoms with Crippen molar-refractivity contribution < 1.29 is 0 Å². The second kappa shape index (κ2) is 5.61. The minimum atomic E-state index is 0.0559. The van der Waals surface area contributed by atoms with Crippen molar-refractivity contribution in [1.29, 1.82) is 0 Å². The summed E-state index contributed by atoms with van der Waals surface area (Å²) in [4.78, 5) is 6.83. The lowest BCUT2D eigenvalue weighted by atomic mass is 9.72. The molecule has 5 nitrogen and oxygen atoms in total. The van der Waals surface area contributed by atoms with Crippen molar-refractivity contribution in [3.63, 3.8) is 0 Å². The SMILES string of the molecule is CC1CCC(C(NN)c2nccn2C)(N(C)C)CC1. The van der Waals surface area contributed by atoms with Crippen LogP contribution in [-0.2, 0) is 7.05 Å². The van der Waals surface area contributed by atoms with Crippen LogP contribution in [0.4, 0.5) is 0 Å². The molecule has 1 aliphatic rings. The Kier molecular flexibility index (Phi) is 4.28. The summed E-state index contributed by atoms with van der Waals surface area (Å²) >= 11 is 0. The summed E-state index contributed by atoms with van der Waals surface area (Å²) in [6, 6.07) is 0.0648. The van der Waals surface area contributed by atoms with Crippen molar-refractivity contribution >= 4 is 0 Å². The molecule has 1 fully saturated rings. The van der Waals surface area contributed by atoms with Gasteiger partial charge in [-0.15, -0.1) is 0 Å². The molecule has 0 radical (unpaired) electrons. The maximum absolute atomic E-state index is 5.89. The number of aryl methyl sites for hydroxylation is 1. The summed E-state index contributed by atoms with van der Waals surface area (Å²) in [5.41, 5.74) is 3.08. The Morgan fingerprint density at radius 3 is 2.53 bits per heavy atom. The average Bonchev–Trinajstić information content (AvgIpc) is 2.79. The number of rotatable bonds is 4. The van der Waals surface area contributed by atoms with Gasteiger partial charge < -0.3 is 9.47 Å². The minimum absolute atomic E-state index is 0.0559. The molecular weight excluding hydrogens is 238 g/mol. The van der Waals surface area contributed by atoms with Gasteiger partial charge in [0.25, 0.3) is 0 Å². The van der Waals surface area contributed by atoms with Gasteiger partial charge in [0.05, 0.1) is 6.04 Å². The Labute approximate surface area is 116 Å². The van der Waals surface area contributed by atoms with Crippen LogP contribution >= 0.6 is 0 Å². The molecule has 1 saturated carbocycles. The third-order valence-corrected chi connectivity index (χ3v) is 4.85. The molecule has 0 amide bonds. The highest BCUT2D eigenvalue weighted by Crippen LogP contribution is 2.42. The van der Waals surface area contributed by atoms with Crippen LogP contribution in [0.3, 0.4) is 0 Å². The van der Waals surface area contributed by atoms with Crippen LogP contribution < -0.4 is 11.3 Å². The van der Waals surface area contributed by atoms with Gasteiger partial charge in [0, 0.05) is 25.0 Å². The Morgan fingerprint density at radius 1 is 1.47 bits per heavy atom. The second-order valence-electron chi connectivity index (χ2n) is 6.18. The third-order valence-electron chi connectivity index (χ3n) is 4.85. The molecule has 5 heteroatoms. The van der Waals surface area contributed by atoms with E-state index in [1.807, 2.05) is 19.4 Å². The van der Waals surface area contributed by atoms with Gasteiger partial charge in [-0.3, -0.25) is 5.84 Å². The molecule has 19 heavy (non-hydrogen) atoms. The summed E-state index contributed by atoms with van der Waals surface area (Å²) in [7, 11) is 6.34. The van der Waals surface area contributed by atoms with Crippen molar-refractivity contribution in [1.82, 2.24) is 19.9 Å². The van der Waals surface area contributed by atoms with Crippen LogP contribution in [-0.4, -0.2) is 34.1 Å². The van der Waals surface area contributed by atoms with Crippen LogP contribution in [0.15, 0.2) is 12.4 Å². The molecule has 3 N–H and O–H groups in total. The normalized spacial score (nSPS) is 29.7. The zero-order valence-electron chi connectivity index (χ0n) is 12.6. The lowest BCUT2D eigenvalue weighted by molar-refractivity contribution is 0.0389. The number of aromatic nitrogens is 2. The van der Waals surface area contributed by atoms with Crippen LogP contribution in [0, 0.1) is 5.92 Å². The molecule has 0 spiro atoms. The van der Waals surface area contributed by atoms with Crippen LogP contribution in [0.5, 0.6) is 0 Å². The van der Waals surface area contributed by atoms with Crippen molar-refractivity contribution in [2.75, 3.05) is 14.1 Å². The molecule has 0 aromatic carbocycles. The average molecular weight is 265 g/mol. The van der Waals surface area contributed by atoms with Gasteiger partial charge in [0.1, 0.15) is 5.82 Å². The number of hydrazine groups is 1. The van der Waals surface area contributed by atoms with Crippen LogP contribution in [0.1, 0.15) is 44.5 Å². The van der Waals surface area contributed by atoms with E-state index in [2.05, 4.69) is 40.9 Å². The highest BCUT2D eigenvalue weighted by molar-refractivity contribution is 5.11. The molecule has 1 aliphatic carbocycles. The maximum Gasteiger partial charge on any atom is 0.128 e. The molecule has 1 atom stereocenters. The van der Waals surface area contributed by atoms with E-state index in [0.29, 0.717) is 0 Å². The summed E-state index contributed by atoms with van der Waals surface area (Å²) in [5.74, 6) is 7.72. The number of nitrogens with one attached hydrogen (secondary N) is 1. The predicted octanol–water partition coefficient (Wildman–Crippen LogP) is 1.43. The molecule has 1 unspecified atom stereocenters. The fourth-order valence-electron chi connectivity index (χ4n) is 3.38. The molecule has 0 bridgehead atoms. The largest absolute Gasteiger partial charge is 0.337 e. The Bertz CT molecular complexity index is 404. The van der Waals surface area contributed by atoms with Gasteiger partial charge in [0.2, 0.25) is 0 Å². The molecule has 0 saturated heterocycles. The zero-order chi connectivity index (χ0) is 14.0. The zero-order valence-corrected chi connectivity index (χ0v) is 12.6. The lowest BCUT2D eigenvalue weighted by Gasteiger charge is -2.49. The van der Waals surface area contributed by atoms with Gasteiger partial charge in [-0.05, 0) is 45.7 Å². The van der Waals surface area contributed by atoms with Crippen LogP contribution in [0.2, 0.25) is 0 Å². The summed E-state index contributed by atoms with van der Waals surface area (Å²) in [5, 5.41) is 0. The smallest absolute Gasteiger partial charge is 0.128 e. The highest BCUT2D eigenvalue weighted by atomic mass is 15.3. The minimum Gasteiger partial charge on any atom is -0.337 e. The van der Waals surface area contributed by atoms with Gasteiger partial charge in [0.15, 0.2) is 0 Å². The summed E-state index contributed by atoms with van der Waals surface area (Å²) in [6.07, 6.45) is 8.64. The highest BCUT2D eigenvalue weighted by Gasteiger charge is 2.44. The standard InChI is InChI=1S/C14H27N5/c1-11-5-7-14(8-6-11,18(2)3)12(17-15)13-16-9-10-19(13)4/h9-12,17H,5-8,15H2,1-4H3. The first-order valence-electron chi connectivity index (χ1n) is 7.12. The fraction of sp³-hybridized carbons (Fsp3) is 0.786. The van der Waals surface area contributed by atoms with Crippen LogP contribution in [0.25, 0.3) is 0 Å². The Balaban J connectivity index is 2.34. The van der Waals surface area contributed by atoms with E-state index in [1.54, 1.807) is 0 Å². The number of hydrogen-bond donors (Lipinski definition) is 2. The quantitative estimate of drug-likeness (QED) is 0.639. The molecule has 108 valence electrons. The number of likely N-dealkylation sites (N-methyl/N-ethyl adjacent to an activating group) is 1. The first-order valence-corrected chi connectivity index (χ1v) is 7.12. The second-order valence-corrected chi connectivity index (χ2v) is 6.18. The first-order chi connectivity index (χ1) is 9.01. The predicted molar refractivity (Wildman–Crippen MR) is 77.3 cm³/mol. The Morgan fingerprint density at radius 2 is 2.11 bits per heavy atom. The monoisotopic (exact) mass is 265 g/mol. The van der Waals surface area contributed by atoms with E-state index in [4.69, 9.17) is 5.84 Å². The number of imidazole rings is 1. The topological polar surface area (TPSA) is 59.1 Å². The van der Waals surface area contributed by atoms with E-state index < -0.39 is 0 Å². The van der Waals surface area contributed by atoms with Crippen molar-refractivity contribution in [2.45, 2.75) is 44.2 Å². The lowest BCUT2D eigenvalue weighted by Crippen LogP contribution is -2.57. The summed E-state index contributed by atoms with van der Waals surface area (Å²) in [6.45, 7) is 2.34. The molecule has 0 aliphatic heterocycles. The van der Waals surface area contributed by atoms with E-state index in [-0.39, 0.29) is 11.6 Å². The van der Waals surface area contributed by atoms with E-state index >= 15 is 0 Å². The van der Waals surface area contributed by atoms with Gasteiger partial charge >= 0.3 is 0 Å². The first kappa shape index (κ1) is 14.5. The van der Waals surface area contributed by atoms with Crippen molar-refractivity contribution in [2.24, 2.45) is 18.8 Å². The molecule has 1 heterocycles. The molecular formula is C14H27N5. The summed E-state index contributed by atoms with van der Waals surface area (Å²) < 4.78 is 2.06.